The maximum Gasteiger partial charge on any atom is 0.253 e. The average Bonchev–Trinajstić information content (AvgIpc) is 3.08. The second-order valence-electron chi connectivity index (χ2n) is 4.47. The van der Waals surface area contributed by atoms with Crippen LogP contribution in [0.1, 0.15) is 34.7 Å². The number of aromatic amines is 1. The van der Waals surface area contributed by atoms with Crippen LogP contribution in [-0.4, -0.2) is 17.9 Å². The van der Waals surface area contributed by atoms with E-state index >= 15 is 0 Å². The van der Waals surface area contributed by atoms with Crippen molar-refractivity contribution in [1.82, 2.24) is 10.3 Å². The standard InChI is InChI=1S/C13H13ClN2O/c1-15-13(17)11-6-16-12-9(7-2-3-7)4-8(14)5-10(11)12/h4-7,16H,2-3H2,1H3,(H,15,17). The van der Waals surface area contributed by atoms with Gasteiger partial charge < -0.3 is 10.3 Å². The molecule has 3 rings (SSSR count). The van der Waals surface area contributed by atoms with Crippen molar-refractivity contribution >= 4 is 28.4 Å². The van der Waals surface area contributed by atoms with Crippen molar-refractivity contribution in [2.24, 2.45) is 0 Å². The first kappa shape index (κ1) is 10.7. The van der Waals surface area contributed by atoms with Crippen molar-refractivity contribution in [2.45, 2.75) is 18.8 Å². The van der Waals surface area contributed by atoms with Gasteiger partial charge in [0.25, 0.3) is 5.91 Å². The number of hydrogen-bond acceptors (Lipinski definition) is 1. The molecular formula is C13H13ClN2O. The van der Waals surface area contributed by atoms with Gasteiger partial charge in [-0.05, 0) is 36.5 Å². The number of H-pyrrole nitrogens is 1. The van der Waals surface area contributed by atoms with E-state index < -0.39 is 0 Å². The summed E-state index contributed by atoms with van der Waals surface area (Å²) in [6, 6.07) is 3.86. The number of carbonyl (C=O) groups excluding carboxylic acids is 1. The number of fused-ring (bicyclic) bond motifs is 1. The fraction of sp³-hybridized carbons (Fsp3) is 0.308. The summed E-state index contributed by atoms with van der Waals surface area (Å²) in [5.41, 5.74) is 2.95. The Morgan fingerprint density at radius 3 is 2.88 bits per heavy atom. The number of amides is 1. The first-order valence-corrected chi connectivity index (χ1v) is 6.11. The second-order valence-corrected chi connectivity index (χ2v) is 4.91. The molecule has 0 saturated heterocycles. The summed E-state index contributed by atoms with van der Waals surface area (Å²) in [6.45, 7) is 0. The number of rotatable bonds is 2. The van der Waals surface area contributed by atoms with Crippen LogP contribution in [0.4, 0.5) is 0 Å². The van der Waals surface area contributed by atoms with Crippen LogP contribution in [0.3, 0.4) is 0 Å². The van der Waals surface area contributed by atoms with Crippen LogP contribution < -0.4 is 5.32 Å². The van der Waals surface area contributed by atoms with Crippen molar-refractivity contribution < 1.29 is 4.79 Å². The van der Waals surface area contributed by atoms with Crippen LogP contribution >= 0.6 is 11.6 Å². The van der Waals surface area contributed by atoms with E-state index in [4.69, 9.17) is 11.6 Å². The maximum atomic E-state index is 11.7. The molecule has 3 nitrogen and oxygen atoms in total. The molecule has 0 aliphatic heterocycles. The lowest BCUT2D eigenvalue weighted by molar-refractivity contribution is 0.0965. The highest BCUT2D eigenvalue weighted by atomic mass is 35.5. The van der Waals surface area contributed by atoms with Gasteiger partial charge in [0.15, 0.2) is 0 Å². The molecule has 0 radical (unpaired) electrons. The summed E-state index contributed by atoms with van der Waals surface area (Å²) < 4.78 is 0. The summed E-state index contributed by atoms with van der Waals surface area (Å²) in [4.78, 5) is 14.9. The highest BCUT2D eigenvalue weighted by Crippen LogP contribution is 2.44. The average molecular weight is 249 g/mol. The first-order chi connectivity index (χ1) is 8.20. The lowest BCUT2D eigenvalue weighted by Crippen LogP contribution is -2.17. The molecule has 4 heteroatoms. The predicted molar refractivity (Wildman–Crippen MR) is 68.7 cm³/mol. The Morgan fingerprint density at radius 2 is 2.24 bits per heavy atom. The molecule has 0 spiro atoms. The Labute approximate surface area is 104 Å². The van der Waals surface area contributed by atoms with E-state index in [1.165, 1.54) is 18.4 Å². The minimum absolute atomic E-state index is 0.0831. The molecule has 2 aromatic rings. The first-order valence-electron chi connectivity index (χ1n) is 5.73. The van der Waals surface area contributed by atoms with Crippen molar-refractivity contribution in [2.75, 3.05) is 7.05 Å². The van der Waals surface area contributed by atoms with E-state index in [2.05, 4.69) is 10.3 Å². The third-order valence-electron chi connectivity index (χ3n) is 3.27. The van der Waals surface area contributed by atoms with Crippen LogP contribution in [0.2, 0.25) is 5.02 Å². The zero-order valence-electron chi connectivity index (χ0n) is 9.51. The Balaban J connectivity index is 2.24. The predicted octanol–water partition coefficient (Wildman–Crippen LogP) is 3.06. The molecule has 1 saturated carbocycles. The van der Waals surface area contributed by atoms with Crippen LogP contribution in [0.15, 0.2) is 18.3 Å². The third kappa shape index (κ3) is 1.71. The molecule has 1 aliphatic carbocycles. The van der Waals surface area contributed by atoms with Gasteiger partial charge in [0.2, 0.25) is 0 Å². The van der Waals surface area contributed by atoms with E-state index in [9.17, 15) is 4.79 Å². The van der Waals surface area contributed by atoms with E-state index in [1.54, 1.807) is 13.2 Å². The zero-order chi connectivity index (χ0) is 12.0. The molecule has 17 heavy (non-hydrogen) atoms. The molecule has 0 bridgehead atoms. The second kappa shape index (κ2) is 3.77. The topological polar surface area (TPSA) is 44.9 Å². The monoisotopic (exact) mass is 248 g/mol. The fourth-order valence-electron chi connectivity index (χ4n) is 2.26. The highest BCUT2D eigenvalue weighted by molar-refractivity contribution is 6.31. The molecule has 88 valence electrons. The number of aromatic nitrogens is 1. The lowest BCUT2D eigenvalue weighted by Gasteiger charge is -2.03. The Kier molecular flexibility index (Phi) is 2.37. The number of hydrogen-bond donors (Lipinski definition) is 2. The number of carbonyl (C=O) groups is 1. The Morgan fingerprint density at radius 1 is 1.47 bits per heavy atom. The summed E-state index contributed by atoms with van der Waals surface area (Å²) >= 11 is 6.13. The number of halogens is 1. The Bertz CT molecular complexity index is 599. The fourth-order valence-corrected chi connectivity index (χ4v) is 2.49. The van der Waals surface area contributed by atoms with Gasteiger partial charge in [0.1, 0.15) is 0 Å². The number of benzene rings is 1. The minimum Gasteiger partial charge on any atom is -0.360 e. The van der Waals surface area contributed by atoms with E-state index in [1.807, 2.05) is 12.1 Å². The SMILES string of the molecule is CNC(=O)c1c[nH]c2c(C3CC3)cc(Cl)cc12. The molecule has 1 amide bonds. The highest BCUT2D eigenvalue weighted by Gasteiger charge is 2.27. The minimum atomic E-state index is -0.0831. The van der Waals surface area contributed by atoms with Gasteiger partial charge in [-0.2, -0.15) is 0 Å². The van der Waals surface area contributed by atoms with Gasteiger partial charge in [-0.25, -0.2) is 0 Å². The molecule has 1 fully saturated rings. The summed E-state index contributed by atoms with van der Waals surface area (Å²) in [6.07, 6.45) is 4.18. The van der Waals surface area contributed by atoms with E-state index in [0.717, 1.165) is 10.9 Å². The quantitative estimate of drug-likeness (QED) is 0.843. The molecule has 1 aliphatic rings. The molecule has 0 atom stereocenters. The Hall–Kier alpha value is -1.48. The van der Waals surface area contributed by atoms with Crippen LogP contribution in [-0.2, 0) is 0 Å². The normalized spacial score (nSPS) is 15.2. The number of nitrogens with one attached hydrogen (secondary N) is 2. The largest absolute Gasteiger partial charge is 0.360 e. The summed E-state index contributed by atoms with van der Waals surface area (Å²) in [5.74, 6) is 0.521. The molecule has 0 unspecified atom stereocenters. The van der Waals surface area contributed by atoms with Crippen molar-refractivity contribution in [1.29, 1.82) is 0 Å². The van der Waals surface area contributed by atoms with E-state index in [0.29, 0.717) is 16.5 Å². The van der Waals surface area contributed by atoms with Crippen molar-refractivity contribution in [3.63, 3.8) is 0 Å². The summed E-state index contributed by atoms with van der Waals surface area (Å²) in [7, 11) is 1.63. The van der Waals surface area contributed by atoms with Gasteiger partial charge in [0, 0.05) is 29.2 Å². The smallest absolute Gasteiger partial charge is 0.253 e. The van der Waals surface area contributed by atoms with Crippen LogP contribution in [0.5, 0.6) is 0 Å². The van der Waals surface area contributed by atoms with Gasteiger partial charge >= 0.3 is 0 Å². The van der Waals surface area contributed by atoms with Crippen LogP contribution in [0, 0.1) is 0 Å². The molecule has 2 N–H and O–H groups in total. The van der Waals surface area contributed by atoms with Crippen molar-refractivity contribution in [3.8, 4) is 0 Å². The van der Waals surface area contributed by atoms with Crippen molar-refractivity contribution in [3.05, 3.63) is 34.5 Å². The van der Waals surface area contributed by atoms with Crippen LogP contribution in [0.25, 0.3) is 10.9 Å². The molecule has 1 aromatic carbocycles. The maximum absolute atomic E-state index is 11.7. The zero-order valence-corrected chi connectivity index (χ0v) is 10.3. The molecule has 1 aromatic heterocycles. The van der Waals surface area contributed by atoms with Gasteiger partial charge in [-0.1, -0.05) is 11.6 Å². The molecular weight excluding hydrogens is 236 g/mol. The molecule has 1 heterocycles. The summed E-state index contributed by atoms with van der Waals surface area (Å²) in [5, 5.41) is 4.26. The van der Waals surface area contributed by atoms with Gasteiger partial charge in [-0.3, -0.25) is 4.79 Å². The van der Waals surface area contributed by atoms with E-state index in [-0.39, 0.29) is 5.91 Å². The third-order valence-corrected chi connectivity index (χ3v) is 3.49. The van der Waals surface area contributed by atoms with Gasteiger partial charge in [-0.15, -0.1) is 0 Å². The van der Waals surface area contributed by atoms with Gasteiger partial charge in [0.05, 0.1) is 5.56 Å². The lowest BCUT2D eigenvalue weighted by atomic mass is 10.1.